The van der Waals surface area contributed by atoms with E-state index in [0.29, 0.717) is 35.9 Å². The maximum atomic E-state index is 5.90. The van der Waals surface area contributed by atoms with E-state index in [2.05, 4.69) is 55.4 Å². The van der Waals surface area contributed by atoms with Crippen LogP contribution in [0.3, 0.4) is 0 Å². The van der Waals surface area contributed by atoms with Crippen molar-refractivity contribution in [2.24, 2.45) is 23.7 Å². The highest BCUT2D eigenvalue weighted by molar-refractivity contribution is 7.26. The fourth-order valence-electron chi connectivity index (χ4n) is 2.22. The third-order valence-electron chi connectivity index (χ3n) is 3.00. The van der Waals surface area contributed by atoms with Gasteiger partial charge in [0.25, 0.3) is 0 Å². The van der Waals surface area contributed by atoms with E-state index in [1.165, 1.54) is 0 Å². The predicted octanol–water partition coefficient (Wildman–Crippen LogP) is 4.89. The van der Waals surface area contributed by atoms with E-state index in [0.717, 1.165) is 0 Å². The lowest BCUT2D eigenvalue weighted by Crippen LogP contribution is -2.26. The molecule has 0 aromatic heterocycles. The van der Waals surface area contributed by atoms with E-state index in [9.17, 15) is 0 Å². The SMILES string of the molecule is CC(C)C(OPOC(C(C)C)C(C)C)C(C)C. The van der Waals surface area contributed by atoms with Gasteiger partial charge >= 0.3 is 0 Å². The first-order valence-electron chi connectivity index (χ1n) is 6.83. The average molecular weight is 262 g/mol. The van der Waals surface area contributed by atoms with E-state index >= 15 is 0 Å². The molecule has 0 amide bonds. The first-order valence-corrected chi connectivity index (χ1v) is 7.65. The smallest absolute Gasteiger partial charge is 0.155 e. The van der Waals surface area contributed by atoms with Crippen LogP contribution in [0.15, 0.2) is 0 Å². The van der Waals surface area contributed by atoms with E-state index in [1.807, 2.05) is 0 Å². The van der Waals surface area contributed by atoms with Gasteiger partial charge in [-0.1, -0.05) is 55.4 Å². The highest BCUT2D eigenvalue weighted by Crippen LogP contribution is 2.30. The summed E-state index contributed by atoms with van der Waals surface area (Å²) in [6.45, 7) is 17.6. The Kier molecular flexibility index (Phi) is 8.63. The zero-order valence-electron chi connectivity index (χ0n) is 12.8. The summed E-state index contributed by atoms with van der Waals surface area (Å²) in [5, 5.41) is 0. The first kappa shape index (κ1) is 17.4. The molecule has 0 heterocycles. The molecule has 2 nitrogen and oxygen atoms in total. The van der Waals surface area contributed by atoms with Crippen LogP contribution in [0, 0.1) is 23.7 Å². The van der Waals surface area contributed by atoms with Crippen LogP contribution in [0.5, 0.6) is 0 Å². The monoisotopic (exact) mass is 262 g/mol. The molecular weight excluding hydrogens is 231 g/mol. The van der Waals surface area contributed by atoms with Gasteiger partial charge in [-0.25, -0.2) is 0 Å². The minimum atomic E-state index is 0.164. The maximum Gasteiger partial charge on any atom is 0.155 e. The lowest BCUT2D eigenvalue weighted by atomic mass is 9.97. The van der Waals surface area contributed by atoms with Gasteiger partial charge in [-0.05, 0) is 23.7 Å². The Morgan fingerprint density at radius 3 is 0.941 bits per heavy atom. The predicted molar refractivity (Wildman–Crippen MR) is 77.4 cm³/mol. The quantitative estimate of drug-likeness (QED) is 0.580. The van der Waals surface area contributed by atoms with E-state index in [-0.39, 0.29) is 9.03 Å². The molecule has 0 rings (SSSR count). The summed E-state index contributed by atoms with van der Waals surface area (Å²) in [6, 6.07) is 0. The van der Waals surface area contributed by atoms with Gasteiger partial charge in [0, 0.05) is 0 Å². The zero-order valence-corrected chi connectivity index (χ0v) is 13.8. The van der Waals surface area contributed by atoms with E-state index in [1.54, 1.807) is 0 Å². The highest BCUT2D eigenvalue weighted by atomic mass is 31.1. The Labute approximate surface area is 110 Å². The third kappa shape index (κ3) is 6.74. The Bertz CT molecular complexity index is 155. The second kappa shape index (κ2) is 8.45. The summed E-state index contributed by atoms with van der Waals surface area (Å²) >= 11 is 0. The van der Waals surface area contributed by atoms with Crippen molar-refractivity contribution < 1.29 is 9.05 Å². The molecule has 3 heteroatoms. The normalized spacial score (nSPS) is 13.1. The molecule has 17 heavy (non-hydrogen) atoms. The first-order chi connectivity index (χ1) is 7.77. The van der Waals surface area contributed by atoms with Crippen molar-refractivity contribution in [1.82, 2.24) is 0 Å². The molecule has 0 aromatic rings. The van der Waals surface area contributed by atoms with Gasteiger partial charge in [0.15, 0.2) is 9.03 Å². The minimum Gasteiger partial charge on any atom is -0.332 e. The molecule has 0 aliphatic heterocycles. The maximum absolute atomic E-state index is 5.90. The summed E-state index contributed by atoms with van der Waals surface area (Å²) < 4.78 is 11.8. The molecule has 0 atom stereocenters. The molecular formula is C14H31O2P. The Morgan fingerprint density at radius 1 is 0.529 bits per heavy atom. The van der Waals surface area contributed by atoms with Crippen molar-refractivity contribution in [1.29, 1.82) is 0 Å². The lowest BCUT2D eigenvalue weighted by Gasteiger charge is -2.28. The van der Waals surface area contributed by atoms with Crippen molar-refractivity contribution in [3.63, 3.8) is 0 Å². The highest BCUT2D eigenvalue weighted by Gasteiger charge is 2.21. The van der Waals surface area contributed by atoms with Crippen LogP contribution >= 0.6 is 9.03 Å². The Balaban J connectivity index is 4.10. The Morgan fingerprint density at radius 2 is 0.765 bits per heavy atom. The molecule has 0 saturated carbocycles. The van der Waals surface area contributed by atoms with Crippen LogP contribution < -0.4 is 0 Å². The number of hydrogen-bond donors (Lipinski definition) is 0. The van der Waals surface area contributed by atoms with Crippen molar-refractivity contribution in [3.8, 4) is 0 Å². The van der Waals surface area contributed by atoms with Crippen molar-refractivity contribution in [3.05, 3.63) is 0 Å². The molecule has 0 aliphatic rings. The fourth-order valence-corrected chi connectivity index (χ4v) is 3.59. The van der Waals surface area contributed by atoms with Crippen molar-refractivity contribution in [2.45, 2.75) is 67.6 Å². The zero-order chi connectivity index (χ0) is 13.6. The number of rotatable bonds is 8. The topological polar surface area (TPSA) is 18.5 Å². The molecule has 0 fully saturated rings. The van der Waals surface area contributed by atoms with Crippen LogP contribution in [0.25, 0.3) is 0 Å². The summed E-state index contributed by atoms with van der Waals surface area (Å²) in [5.74, 6) is 2.18. The largest absolute Gasteiger partial charge is 0.332 e. The average Bonchev–Trinajstić information content (AvgIpc) is 2.14. The van der Waals surface area contributed by atoms with Crippen LogP contribution in [-0.4, -0.2) is 12.2 Å². The second-order valence-electron chi connectivity index (χ2n) is 6.22. The van der Waals surface area contributed by atoms with Gasteiger partial charge < -0.3 is 9.05 Å². The molecule has 0 aliphatic carbocycles. The van der Waals surface area contributed by atoms with Crippen molar-refractivity contribution in [2.75, 3.05) is 0 Å². The third-order valence-corrected chi connectivity index (χ3v) is 3.73. The van der Waals surface area contributed by atoms with E-state index in [4.69, 9.17) is 9.05 Å². The fraction of sp³-hybridized carbons (Fsp3) is 1.00. The van der Waals surface area contributed by atoms with Crippen LogP contribution in [0.1, 0.15) is 55.4 Å². The molecule has 0 spiro atoms. The van der Waals surface area contributed by atoms with Gasteiger partial charge in [-0.3, -0.25) is 0 Å². The standard InChI is InChI=1S/C14H31O2P/c1-9(2)13(10(3)4)15-17-16-14(11(5)6)12(7)8/h9-14,17H,1-8H3. The van der Waals surface area contributed by atoms with Gasteiger partial charge in [0.2, 0.25) is 0 Å². The van der Waals surface area contributed by atoms with Gasteiger partial charge in [-0.15, -0.1) is 0 Å². The van der Waals surface area contributed by atoms with Gasteiger partial charge in [-0.2, -0.15) is 0 Å². The molecule has 0 aromatic carbocycles. The molecule has 0 radical (unpaired) electrons. The van der Waals surface area contributed by atoms with Crippen LogP contribution in [0.4, 0.5) is 0 Å². The van der Waals surface area contributed by atoms with Crippen LogP contribution in [-0.2, 0) is 9.05 Å². The summed E-state index contributed by atoms with van der Waals surface area (Å²) in [7, 11) is 0.164. The molecule has 104 valence electrons. The molecule has 0 bridgehead atoms. The van der Waals surface area contributed by atoms with E-state index < -0.39 is 0 Å². The summed E-state index contributed by atoms with van der Waals surface area (Å²) in [4.78, 5) is 0. The van der Waals surface area contributed by atoms with Gasteiger partial charge in [0.05, 0.1) is 12.2 Å². The van der Waals surface area contributed by atoms with Crippen molar-refractivity contribution >= 4 is 9.03 Å². The van der Waals surface area contributed by atoms with Crippen LogP contribution in [0.2, 0.25) is 0 Å². The second-order valence-corrected chi connectivity index (χ2v) is 6.86. The minimum absolute atomic E-state index is 0.164. The molecule has 0 saturated heterocycles. The van der Waals surface area contributed by atoms with Gasteiger partial charge in [0.1, 0.15) is 0 Å². The lowest BCUT2D eigenvalue weighted by molar-refractivity contribution is 0.0661. The molecule has 0 N–H and O–H groups in total. The summed E-state index contributed by atoms with van der Waals surface area (Å²) in [5.41, 5.74) is 0. The Hall–Kier alpha value is 0.350. The molecule has 0 unspecified atom stereocenters. The summed E-state index contributed by atoms with van der Waals surface area (Å²) in [6.07, 6.45) is 0.599. The number of hydrogen-bond acceptors (Lipinski definition) is 2.